The Morgan fingerprint density at radius 3 is 2.48 bits per heavy atom. The normalized spacial score (nSPS) is 16.7. The third-order valence-corrected chi connectivity index (χ3v) is 7.15. The molecule has 0 saturated carbocycles. The lowest BCUT2D eigenvalue weighted by Crippen LogP contribution is -2.50. The predicted octanol–water partition coefficient (Wildman–Crippen LogP) is 3.07. The van der Waals surface area contributed by atoms with E-state index in [0.717, 1.165) is 49.6 Å². The standard InChI is InChI=1S/C19H35N5O3S.HI/c1-5-15(6-2)18-13-17(27-23-18)14-21-19(20-7-3)22-16-9-11-24(12-10-16)28(25,26)8-4;/h13,15-16H,5-12,14H2,1-4H3,(H2,20,21,22);1H. The van der Waals surface area contributed by atoms with Crippen molar-refractivity contribution in [2.75, 3.05) is 25.4 Å². The largest absolute Gasteiger partial charge is 0.359 e. The molecule has 1 aliphatic rings. The van der Waals surface area contributed by atoms with Crippen LogP contribution in [-0.2, 0) is 16.6 Å². The van der Waals surface area contributed by atoms with Gasteiger partial charge in [0.2, 0.25) is 10.0 Å². The fourth-order valence-electron chi connectivity index (χ4n) is 3.43. The van der Waals surface area contributed by atoms with E-state index in [1.807, 2.05) is 13.0 Å². The molecule has 10 heteroatoms. The Hall–Kier alpha value is -0.880. The quantitative estimate of drug-likeness (QED) is 0.283. The zero-order valence-corrected chi connectivity index (χ0v) is 21.1. The molecule has 2 rings (SSSR count). The highest BCUT2D eigenvalue weighted by molar-refractivity contribution is 14.0. The lowest BCUT2D eigenvalue weighted by atomic mass is 9.99. The summed E-state index contributed by atoms with van der Waals surface area (Å²) >= 11 is 0. The molecular weight excluding hydrogens is 505 g/mol. The highest BCUT2D eigenvalue weighted by atomic mass is 127. The zero-order chi connectivity index (χ0) is 20.6. The van der Waals surface area contributed by atoms with E-state index in [1.54, 1.807) is 11.2 Å². The SMILES string of the molecule is CCNC(=NCc1cc(C(CC)CC)no1)NC1CCN(S(=O)(=O)CC)CC1.I. The Morgan fingerprint density at radius 1 is 1.28 bits per heavy atom. The van der Waals surface area contributed by atoms with Crippen LogP contribution in [-0.4, -0.2) is 55.3 Å². The Morgan fingerprint density at radius 2 is 1.93 bits per heavy atom. The fourth-order valence-corrected chi connectivity index (χ4v) is 4.57. The molecule has 1 aromatic heterocycles. The molecule has 0 atom stereocenters. The first kappa shape index (κ1) is 26.2. The molecule has 0 radical (unpaired) electrons. The highest BCUT2D eigenvalue weighted by Crippen LogP contribution is 2.22. The molecule has 168 valence electrons. The average molecular weight is 542 g/mol. The van der Waals surface area contributed by atoms with E-state index in [-0.39, 0.29) is 35.8 Å². The lowest BCUT2D eigenvalue weighted by molar-refractivity contribution is 0.306. The molecule has 2 heterocycles. The van der Waals surface area contributed by atoms with E-state index in [1.165, 1.54) is 0 Å². The van der Waals surface area contributed by atoms with E-state index in [2.05, 4.69) is 34.6 Å². The van der Waals surface area contributed by atoms with E-state index in [4.69, 9.17) is 4.52 Å². The number of aromatic nitrogens is 1. The van der Waals surface area contributed by atoms with Crippen molar-refractivity contribution >= 4 is 40.0 Å². The molecule has 1 aliphatic heterocycles. The van der Waals surface area contributed by atoms with Crippen LogP contribution in [0.5, 0.6) is 0 Å². The molecule has 8 nitrogen and oxygen atoms in total. The van der Waals surface area contributed by atoms with Gasteiger partial charge in [0.25, 0.3) is 0 Å². The molecule has 0 aliphatic carbocycles. The van der Waals surface area contributed by atoms with Crippen LogP contribution < -0.4 is 10.6 Å². The molecule has 1 saturated heterocycles. The summed E-state index contributed by atoms with van der Waals surface area (Å²) in [6, 6.07) is 2.20. The minimum absolute atomic E-state index is 0. The van der Waals surface area contributed by atoms with Gasteiger partial charge in [0.05, 0.1) is 11.4 Å². The Labute approximate surface area is 192 Å². The zero-order valence-electron chi connectivity index (χ0n) is 18.0. The van der Waals surface area contributed by atoms with Crippen LogP contribution in [0.1, 0.15) is 70.8 Å². The Balaban J connectivity index is 0.00000420. The van der Waals surface area contributed by atoms with E-state index in [9.17, 15) is 8.42 Å². The van der Waals surface area contributed by atoms with Crippen molar-refractivity contribution in [2.24, 2.45) is 4.99 Å². The van der Waals surface area contributed by atoms with Gasteiger partial charge in [-0.25, -0.2) is 17.7 Å². The molecule has 29 heavy (non-hydrogen) atoms. The van der Waals surface area contributed by atoms with Crippen molar-refractivity contribution in [2.45, 2.75) is 71.9 Å². The molecule has 1 aromatic rings. The number of nitrogens with one attached hydrogen (secondary N) is 2. The first-order valence-electron chi connectivity index (χ1n) is 10.4. The maximum Gasteiger partial charge on any atom is 0.213 e. The molecule has 0 spiro atoms. The number of hydrogen-bond donors (Lipinski definition) is 2. The molecule has 1 fully saturated rings. The third kappa shape index (κ3) is 7.71. The number of rotatable bonds is 9. The van der Waals surface area contributed by atoms with Gasteiger partial charge in [0.15, 0.2) is 11.7 Å². The molecule has 0 bridgehead atoms. The van der Waals surface area contributed by atoms with Crippen molar-refractivity contribution in [1.82, 2.24) is 20.1 Å². The minimum Gasteiger partial charge on any atom is -0.359 e. The molecule has 0 amide bonds. The molecule has 0 aromatic carbocycles. The summed E-state index contributed by atoms with van der Waals surface area (Å²) in [7, 11) is -3.10. The number of aliphatic imine (C=N–C) groups is 1. The van der Waals surface area contributed by atoms with Crippen LogP contribution in [0, 0.1) is 0 Å². The van der Waals surface area contributed by atoms with Gasteiger partial charge in [0, 0.05) is 37.7 Å². The summed E-state index contributed by atoms with van der Waals surface area (Å²) in [5.74, 6) is 2.06. The van der Waals surface area contributed by atoms with Crippen LogP contribution in [0.2, 0.25) is 0 Å². The monoisotopic (exact) mass is 541 g/mol. The van der Waals surface area contributed by atoms with Gasteiger partial charge < -0.3 is 15.2 Å². The van der Waals surface area contributed by atoms with Crippen molar-refractivity contribution in [3.8, 4) is 0 Å². The van der Waals surface area contributed by atoms with E-state index >= 15 is 0 Å². The van der Waals surface area contributed by atoms with E-state index < -0.39 is 10.0 Å². The second-order valence-corrected chi connectivity index (χ2v) is 9.40. The number of halogens is 1. The van der Waals surface area contributed by atoms with Gasteiger partial charge in [0.1, 0.15) is 6.54 Å². The number of sulfonamides is 1. The lowest BCUT2D eigenvalue weighted by Gasteiger charge is -2.32. The maximum absolute atomic E-state index is 12.0. The number of nitrogens with zero attached hydrogens (tertiary/aromatic N) is 3. The first-order valence-corrected chi connectivity index (χ1v) is 12.0. The van der Waals surface area contributed by atoms with Crippen LogP contribution in [0.25, 0.3) is 0 Å². The number of piperidine rings is 1. The van der Waals surface area contributed by atoms with E-state index in [0.29, 0.717) is 25.6 Å². The number of guanidine groups is 1. The van der Waals surface area contributed by atoms with Crippen molar-refractivity contribution in [3.63, 3.8) is 0 Å². The second-order valence-electron chi connectivity index (χ2n) is 7.14. The van der Waals surface area contributed by atoms with Crippen molar-refractivity contribution in [3.05, 3.63) is 17.5 Å². The fraction of sp³-hybridized carbons (Fsp3) is 0.789. The van der Waals surface area contributed by atoms with Gasteiger partial charge in [-0.15, -0.1) is 24.0 Å². The topological polar surface area (TPSA) is 99.8 Å². The summed E-state index contributed by atoms with van der Waals surface area (Å²) in [6.45, 7) is 10.3. The van der Waals surface area contributed by atoms with Gasteiger partial charge in [-0.3, -0.25) is 0 Å². The maximum atomic E-state index is 12.0. The van der Waals surface area contributed by atoms with Crippen LogP contribution in [0.15, 0.2) is 15.6 Å². The van der Waals surface area contributed by atoms with Gasteiger partial charge >= 0.3 is 0 Å². The van der Waals surface area contributed by atoms with Gasteiger partial charge in [-0.05, 0) is 39.5 Å². The van der Waals surface area contributed by atoms with Gasteiger partial charge in [-0.1, -0.05) is 19.0 Å². The smallest absolute Gasteiger partial charge is 0.213 e. The Bertz CT molecular complexity index is 726. The van der Waals surface area contributed by atoms with Crippen LogP contribution >= 0.6 is 24.0 Å². The molecular formula is C19H36IN5O3S. The summed E-state index contributed by atoms with van der Waals surface area (Å²) in [6.07, 6.45) is 3.63. The van der Waals surface area contributed by atoms with Crippen LogP contribution in [0.3, 0.4) is 0 Å². The molecule has 0 unspecified atom stereocenters. The molecule has 2 N–H and O–H groups in total. The third-order valence-electron chi connectivity index (χ3n) is 5.27. The van der Waals surface area contributed by atoms with Gasteiger partial charge in [-0.2, -0.15) is 0 Å². The van der Waals surface area contributed by atoms with Crippen molar-refractivity contribution in [1.29, 1.82) is 0 Å². The minimum atomic E-state index is -3.10. The predicted molar refractivity (Wildman–Crippen MR) is 127 cm³/mol. The summed E-state index contributed by atoms with van der Waals surface area (Å²) in [5, 5.41) is 10.9. The summed E-state index contributed by atoms with van der Waals surface area (Å²) < 4.78 is 31.0. The first-order chi connectivity index (χ1) is 13.4. The Kier molecular flexibility index (Phi) is 11.5. The summed E-state index contributed by atoms with van der Waals surface area (Å²) in [5.41, 5.74) is 0.998. The second kappa shape index (κ2) is 12.7. The highest BCUT2D eigenvalue weighted by Gasteiger charge is 2.27. The number of hydrogen-bond acceptors (Lipinski definition) is 5. The summed E-state index contributed by atoms with van der Waals surface area (Å²) in [4.78, 5) is 4.61. The van der Waals surface area contributed by atoms with Crippen LogP contribution in [0.4, 0.5) is 0 Å². The average Bonchev–Trinajstić information content (AvgIpc) is 3.16. The van der Waals surface area contributed by atoms with Crippen molar-refractivity contribution < 1.29 is 12.9 Å².